The molecule has 0 saturated carbocycles. The summed E-state index contributed by atoms with van der Waals surface area (Å²) in [5, 5.41) is 22.7. The zero-order valence-electron chi connectivity index (χ0n) is 9.71. The lowest BCUT2D eigenvalue weighted by molar-refractivity contribution is 0.411. The molecule has 1 unspecified atom stereocenters. The van der Waals surface area contributed by atoms with Crippen molar-refractivity contribution in [1.82, 2.24) is 10.1 Å². The van der Waals surface area contributed by atoms with Crippen LogP contribution < -0.4 is 0 Å². The average molecular weight is 234 g/mol. The fourth-order valence-electron chi connectivity index (χ4n) is 1.43. The predicted molar refractivity (Wildman–Crippen MR) is 61.8 cm³/mol. The zero-order chi connectivity index (χ0) is 12.4. The second-order valence-electron chi connectivity index (χ2n) is 3.97. The number of rotatable bonds is 3. The largest absolute Gasteiger partial charge is 0.508 e. The van der Waals surface area contributed by atoms with E-state index in [4.69, 9.17) is 4.52 Å². The van der Waals surface area contributed by atoms with Crippen molar-refractivity contribution in [2.75, 3.05) is 0 Å². The van der Waals surface area contributed by atoms with E-state index in [1.807, 2.05) is 13.8 Å². The second-order valence-corrected chi connectivity index (χ2v) is 3.97. The zero-order valence-corrected chi connectivity index (χ0v) is 9.71. The average Bonchev–Trinajstić information content (AvgIpc) is 2.77. The number of hydrogen-bond acceptors (Lipinski definition) is 5. The van der Waals surface area contributed by atoms with E-state index in [0.717, 1.165) is 6.42 Å². The number of phenolic OH excluding ortho intramolecular Hbond substituents is 2. The highest BCUT2D eigenvalue weighted by molar-refractivity contribution is 5.63. The summed E-state index contributed by atoms with van der Waals surface area (Å²) in [6, 6.07) is 4.24. The normalized spacial score (nSPS) is 12.6. The molecule has 0 aliphatic heterocycles. The molecule has 0 fully saturated rings. The third-order valence-electron chi connectivity index (χ3n) is 2.71. The van der Waals surface area contributed by atoms with Crippen LogP contribution in [0.5, 0.6) is 11.5 Å². The summed E-state index contributed by atoms with van der Waals surface area (Å²) in [6.07, 6.45) is 0.917. The highest BCUT2D eigenvalue weighted by Gasteiger charge is 2.16. The predicted octanol–water partition coefficient (Wildman–Crippen LogP) is 2.66. The van der Waals surface area contributed by atoms with E-state index < -0.39 is 0 Å². The summed E-state index contributed by atoms with van der Waals surface area (Å²) < 4.78 is 5.09. The van der Waals surface area contributed by atoms with Crippen LogP contribution in [0.3, 0.4) is 0 Å². The lowest BCUT2D eigenvalue weighted by Crippen LogP contribution is -1.93. The van der Waals surface area contributed by atoms with Crippen molar-refractivity contribution < 1.29 is 14.7 Å². The first-order chi connectivity index (χ1) is 8.11. The van der Waals surface area contributed by atoms with Crippen LogP contribution in [-0.2, 0) is 0 Å². The lowest BCUT2D eigenvalue weighted by Gasteiger charge is -2.00. The summed E-state index contributed by atoms with van der Waals surface area (Å²) in [6.45, 7) is 4.05. The van der Waals surface area contributed by atoms with Gasteiger partial charge in [0.15, 0.2) is 5.82 Å². The van der Waals surface area contributed by atoms with E-state index in [-0.39, 0.29) is 23.3 Å². The molecule has 17 heavy (non-hydrogen) atoms. The molecule has 1 aromatic heterocycles. The van der Waals surface area contributed by atoms with Gasteiger partial charge in [0, 0.05) is 12.0 Å². The van der Waals surface area contributed by atoms with Crippen LogP contribution in [0.4, 0.5) is 0 Å². The van der Waals surface area contributed by atoms with E-state index in [2.05, 4.69) is 10.1 Å². The van der Waals surface area contributed by atoms with Crippen LogP contribution in [0.2, 0.25) is 0 Å². The molecule has 0 saturated heterocycles. The maximum atomic E-state index is 9.66. The minimum absolute atomic E-state index is 0.00656. The summed E-state index contributed by atoms with van der Waals surface area (Å²) in [5.74, 6) is 1.01. The molecular formula is C12H14N2O3. The highest BCUT2D eigenvalue weighted by atomic mass is 16.5. The molecule has 90 valence electrons. The van der Waals surface area contributed by atoms with Crippen molar-refractivity contribution in [3.8, 4) is 23.0 Å². The SMILES string of the molecule is CCC(C)c1noc(-c2ccc(O)cc2O)n1. The smallest absolute Gasteiger partial charge is 0.261 e. The van der Waals surface area contributed by atoms with Crippen LogP contribution >= 0.6 is 0 Å². The van der Waals surface area contributed by atoms with Gasteiger partial charge in [0.2, 0.25) is 0 Å². The highest BCUT2D eigenvalue weighted by Crippen LogP contribution is 2.31. The van der Waals surface area contributed by atoms with Gasteiger partial charge in [-0.15, -0.1) is 0 Å². The maximum absolute atomic E-state index is 9.66. The van der Waals surface area contributed by atoms with Crippen LogP contribution in [0.15, 0.2) is 22.7 Å². The van der Waals surface area contributed by atoms with E-state index in [0.29, 0.717) is 11.4 Å². The number of aromatic hydroxyl groups is 2. The molecule has 2 rings (SSSR count). The van der Waals surface area contributed by atoms with Crippen molar-refractivity contribution in [1.29, 1.82) is 0 Å². The molecule has 1 aromatic carbocycles. The fourth-order valence-corrected chi connectivity index (χ4v) is 1.43. The molecule has 2 aromatic rings. The van der Waals surface area contributed by atoms with Gasteiger partial charge in [-0.1, -0.05) is 19.0 Å². The minimum atomic E-state index is -0.0793. The third-order valence-corrected chi connectivity index (χ3v) is 2.71. The summed E-state index contributed by atoms with van der Waals surface area (Å²) >= 11 is 0. The van der Waals surface area contributed by atoms with Crippen molar-refractivity contribution in [2.45, 2.75) is 26.2 Å². The van der Waals surface area contributed by atoms with Gasteiger partial charge < -0.3 is 14.7 Å². The molecule has 1 atom stereocenters. The van der Waals surface area contributed by atoms with Gasteiger partial charge in [-0.2, -0.15) is 4.98 Å². The molecule has 5 heteroatoms. The van der Waals surface area contributed by atoms with E-state index in [1.165, 1.54) is 12.1 Å². The van der Waals surface area contributed by atoms with Crippen molar-refractivity contribution in [3.63, 3.8) is 0 Å². The number of aromatic nitrogens is 2. The Morgan fingerprint density at radius 1 is 1.35 bits per heavy atom. The minimum Gasteiger partial charge on any atom is -0.508 e. The second kappa shape index (κ2) is 4.45. The van der Waals surface area contributed by atoms with Crippen molar-refractivity contribution in [3.05, 3.63) is 24.0 Å². The molecule has 0 radical (unpaired) electrons. The Hall–Kier alpha value is -2.04. The topological polar surface area (TPSA) is 79.4 Å². The third kappa shape index (κ3) is 2.22. The van der Waals surface area contributed by atoms with E-state index >= 15 is 0 Å². The fraction of sp³-hybridized carbons (Fsp3) is 0.333. The Kier molecular flexibility index (Phi) is 2.99. The van der Waals surface area contributed by atoms with Gasteiger partial charge in [-0.3, -0.25) is 0 Å². The number of nitrogens with zero attached hydrogens (tertiary/aromatic N) is 2. The first-order valence-electron chi connectivity index (χ1n) is 5.47. The van der Waals surface area contributed by atoms with Gasteiger partial charge in [0.1, 0.15) is 11.5 Å². The van der Waals surface area contributed by atoms with Crippen LogP contribution in [0.25, 0.3) is 11.5 Å². The summed E-state index contributed by atoms with van der Waals surface area (Å²) in [5.41, 5.74) is 0.421. The van der Waals surface area contributed by atoms with Crippen LogP contribution in [-0.4, -0.2) is 20.4 Å². The molecule has 0 amide bonds. The molecular weight excluding hydrogens is 220 g/mol. The molecule has 0 aliphatic rings. The van der Waals surface area contributed by atoms with Crippen molar-refractivity contribution in [2.24, 2.45) is 0 Å². The monoisotopic (exact) mass is 234 g/mol. The Bertz CT molecular complexity index is 522. The quantitative estimate of drug-likeness (QED) is 0.853. The first-order valence-corrected chi connectivity index (χ1v) is 5.47. The molecule has 2 N–H and O–H groups in total. The van der Waals surface area contributed by atoms with Crippen molar-refractivity contribution >= 4 is 0 Å². The van der Waals surface area contributed by atoms with E-state index in [1.54, 1.807) is 6.07 Å². The first kappa shape index (κ1) is 11.4. The van der Waals surface area contributed by atoms with Crippen LogP contribution in [0, 0.1) is 0 Å². The number of benzene rings is 1. The van der Waals surface area contributed by atoms with Gasteiger partial charge in [-0.05, 0) is 18.6 Å². The van der Waals surface area contributed by atoms with Gasteiger partial charge in [0.25, 0.3) is 5.89 Å². The molecule has 0 spiro atoms. The Morgan fingerprint density at radius 2 is 2.12 bits per heavy atom. The Balaban J connectivity index is 2.37. The molecule has 0 bridgehead atoms. The lowest BCUT2D eigenvalue weighted by atomic mass is 10.1. The Labute approximate surface area is 98.7 Å². The van der Waals surface area contributed by atoms with Gasteiger partial charge in [-0.25, -0.2) is 0 Å². The molecule has 0 aliphatic carbocycles. The standard InChI is InChI=1S/C12H14N2O3/c1-3-7(2)11-13-12(17-14-11)9-5-4-8(15)6-10(9)16/h4-7,15-16H,3H2,1-2H3. The maximum Gasteiger partial charge on any atom is 0.261 e. The summed E-state index contributed by atoms with van der Waals surface area (Å²) in [4.78, 5) is 4.22. The van der Waals surface area contributed by atoms with Crippen LogP contribution in [0.1, 0.15) is 32.0 Å². The Morgan fingerprint density at radius 3 is 2.76 bits per heavy atom. The van der Waals surface area contributed by atoms with Gasteiger partial charge >= 0.3 is 0 Å². The number of hydrogen-bond donors (Lipinski definition) is 2. The number of phenols is 2. The van der Waals surface area contributed by atoms with E-state index in [9.17, 15) is 10.2 Å². The van der Waals surface area contributed by atoms with Gasteiger partial charge in [0.05, 0.1) is 5.56 Å². The summed E-state index contributed by atoms with van der Waals surface area (Å²) in [7, 11) is 0. The molecule has 1 heterocycles. The molecule has 5 nitrogen and oxygen atoms in total.